The second kappa shape index (κ2) is 8.65. The van der Waals surface area contributed by atoms with E-state index in [1.807, 2.05) is 42.8 Å². The van der Waals surface area contributed by atoms with Crippen LogP contribution in [0, 0.1) is 13.8 Å². The molecule has 2 N–H and O–H groups in total. The molecular weight excluding hydrogens is 394 g/mol. The molecule has 1 atom stereocenters. The Kier molecular flexibility index (Phi) is 6.22. The number of aromatic nitrogens is 2. The Morgan fingerprint density at radius 2 is 2.00 bits per heavy atom. The first-order valence-electron chi connectivity index (χ1n) is 9.38. The lowest BCUT2D eigenvalue weighted by Crippen LogP contribution is -2.32. The van der Waals surface area contributed by atoms with Crippen LogP contribution in [0.4, 0.5) is 4.79 Å². The van der Waals surface area contributed by atoms with Gasteiger partial charge in [-0.05, 0) is 31.9 Å². The van der Waals surface area contributed by atoms with Gasteiger partial charge in [0.25, 0.3) is 5.91 Å². The van der Waals surface area contributed by atoms with Crippen molar-refractivity contribution in [1.29, 1.82) is 0 Å². The third-order valence-corrected chi connectivity index (χ3v) is 5.50. The highest BCUT2D eigenvalue weighted by Gasteiger charge is 2.30. The van der Waals surface area contributed by atoms with E-state index in [0.717, 1.165) is 22.5 Å². The van der Waals surface area contributed by atoms with Gasteiger partial charge >= 0.3 is 6.03 Å². The van der Waals surface area contributed by atoms with Gasteiger partial charge in [0.2, 0.25) is 5.91 Å². The molecule has 2 aromatic rings. The van der Waals surface area contributed by atoms with Gasteiger partial charge in [0.15, 0.2) is 0 Å². The van der Waals surface area contributed by atoms with Crippen molar-refractivity contribution >= 4 is 29.4 Å². The molecule has 1 saturated heterocycles. The summed E-state index contributed by atoms with van der Waals surface area (Å²) < 4.78 is 1.89. The number of nitrogens with one attached hydrogen (secondary N) is 2. The molecule has 0 radical (unpaired) electrons. The molecule has 0 aliphatic carbocycles. The van der Waals surface area contributed by atoms with Gasteiger partial charge in [-0.1, -0.05) is 29.8 Å². The number of halogens is 1. The summed E-state index contributed by atoms with van der Waals surface area (Å²) in [6, 6.07) is 6.47. The summed E-state index contributed by atoms with van der Waals surface area (Å²) >= 11 is 6.26. The molecular formula is C20H24ClN5O3. The SMILES string of the molecule is Cc1nn(Cc2ccccc2Cl)c(C)c1CN(C)C(=O)CC[C@H]1NC(=O)NC1=O. The fourth-order valence-corrected chi connectivity index (χ4v) is 3.55. The first-order chi connectivity index (χ1) is 13.8. The second-order valence-electron chi connectivity index (χ2n) is 7.20. The molecule has 9 heteroatoms. The topological polar surface area (TPSA) is 96.3 Å². The number of aryl methyl sites for hydroxylation is 1. The van der Waals surface area contributed by atoms with E-state index in [2.05, 4.69) is 15.7 Å². The van der Waals surface area contributed by atoms with Crippen molar-refractivity contribution in [2.24, 2.45) is 0 Å². The third-order valence-electron chi connectivity index (χ3n) is 5.14. The van der Waals surface area contributed by atoms with E-state index in [-0.39, 0.29) is 18.7 Å². The van der Waals surface area contributed by atoms with E-state index in [9.17, 15) is 14.4 Å². The van der Waals surface area contributed by atoms with E-state index >= 15 is 0 Å². The molecule has 8 nitrogen and oxygen atoms in total. The summed E-state index contributed by atoms with van der Waals surface area (Å²) in [7, 11) is 1.72. The number of hydrogen-bond acceptors (Lipinski definition) is 4. The number of carbonyl (C=O) groups is 3. The van der Waals surface area contributed by atoms with Crippen LogP contribution in [0.1, 0.15) is 35.4 Å². The average Bonchev–Trinajstić information content (AvgIpc) is 3.13. The summed E-state index contributed by atoms with van der Waals surface area (Å²) in [6.07, 6.45) is 0.436. The number of carbonyl (C=O) groups excluding carboxylic acids is 3. The predicted octanol–water partition coefficient (Wildman–Crippen LogP) is 2.15. The molecule has 0 bridgehead atoms. The zero-order valence-corrected chi connectivity index (χ0v) is 17.4. The van der Waals surface area contributed by atoms with Crippen molar-refractivity contribution in [2.45, 2.75) is 45.8 Å². The maximum Gasteiger partial charge on any atom is 0.322 e. The van der Waals surface area contributed by atoms with Crippen molar-refractivity contribution < 1.29 is 14.4 Å². The number of benzene rings is 1. The maximum atomic E-state index is 12.5. The molecule has 154 valence electrons. The van der Waals surface area contributed by atoms with Crippen LogP contribution in [0.3, 0.4) is 0 Å². The summed E-state index contributed by atoms with van der Waals surface area (Å²) in [5.41, 5.74) is 3.80. The van der Waals surface area contributed by atoms with Gasteiger partial charge in [-0.3, -0.25) is 19.6 Å². The molecule has 0 unspecified atom stereocenters. The van der Waals surface area contributed by atoms with E-state index in [0.29, 0.717) is 18.1 Å². The van der Waals surface area contributed by atoms with Crippen LogP contribution in [-0.4, -0.2) is 45.6 Å². The van der Waals surface area contributed by atoms with Crippen molar-refractivity contribution in [3.8, 4) is 0 Å². The molecule has 1 aliphatic rings. The van der Waals surface area contributed by atoms with Gasteiger partial charge in [-0.25, -0.2) is 4.79 Å². The van der Waals surface area contributed by atoms with Gasteiger partial charge in [0.1, 0.15) is 6.04 Å². The first-order valence-corrected chi connectivity index (χ1v) is 9.75. The molecule has 4 amide bonds. The van der Waals surface area contributed by atoms with Crippen molar-refractivity contribution in [2.75, 3.05) is 7.05 Å². The van der Waals surface area contributed by atoms with Crippen LogP contribution in [0.5, 0.6) is 0 Å². The highest BCUT2D eigenvalue weighted by atomic mass is 35.5. The molecule has 29 heavy (non-hydrogen) atoms. The Labute approximate surface area is 174 Å². The van der Waals surface area contributed by atoms with Crippen LogP contribution in [0.25, 0.3) is 0 Å². The second-order valence-corrected chi connectivity index (χ2v) is 7.61. The molecule has 1 aromatic carbocycles. The smallest absolute Gasteiger partial charge is 0.322 e. The highest BCUT2D eigenvalue weighted by molar-refractivity contribution is 6.31. The third kappa shape index (κ3) is 4.76. The minimum Gasteiger partial charge on any atom is -0.341 e. The maximum absolute atomic E-state index is 12.5. The lowest BCUT2D eigenvalue weighted by Gasteiger charge is -2.18. The number of nitrogens with zero attached hydrogens (tertiary/aromatic N) is 3. The zero-order valence-electron chi connectivity index (χ0n) is 16.7. The van der Waals surface area contributed by atoms with E-state index in [4.69, 9.17) is 11.6 Å². The molecule has 0 spiro atoms. The Morgan fingerprint density at radius 1 is 1.28 bits per heavy atom. The Bertz CT molecular complexity index is 956. The lowest BCUT2D eigenvalue weighted by atomic mass is 10.1. The van der Waals surface area contributed by atoms with Crippen LogP contribution in [0.15, 0.2) is 24.3 Å². The molecule has 3 rings (SSSR count). The number of urea groups is 1. The first kappa shape index (κ1) is 20.9. The zero-order chi connectivity index (χ0) is 21.1. The van der Waals surface area contributed by atoms with Gasteiger partial charge < -0.3 is 10.2 Å². The molecule has 0 saturated carbocycles. The largest absolute Gasteiger partial charge is 0.341 e. The molecule has 2 heterocycles. The minimum atomic E-state index is -0.651. The van der Waals surface area contributed by atoms with Gasteiger partial charge in [-0.2, -0.15) is 5.10 Å². The van der Waals surface area contributed by atoms with Crippen LogP contribution < -0.4 is 10.6 Å². The summed E-state index contributed by atoms with van der Waals surface area (Å²) in [6.45, 7) is 4.87. The van der Waals surface area contributed by atoms with Crippen LogP contribution >= 0.6 is 11.6 Å². The fraction of sp³-hybridized carbons (Fsp3) is 0.400. The fourth-order valence-electron chi connectivity index (χ4n) is 3.35. The summed E-state index contributed by atoms with van der Waals surface area (Å²) in [4.78, 5) is 36.9. The average molecular weight is 418 g/mol. The van der Waals surface area contributed by atoms with Gasteiger partial charge in [0, 0.05) is 36.3 Å². The van der Waals surface area contributed by atoms with E-state index in [1.165, 1.54) is 0 Å². The normalized spacial score (nSPS) is 15.9. The monoisotopic (exact) mass is 417 g/mol. The van der Waals surface area contributed by atoms with Crippen LogP contribution in [0.2, 0.25) is 5.02 Å². The summed E-state index contributed by atoms with van der Waals surface area (Å²) in [5, 5.41) is 9.97. The van der Waals surface area contributed by atoms with Gasteiger partial charge in [0.05, 0.1) is 12.2 Å². The number of hydrogen-bond donors (Lipinski definition) is 2. The van der Waals surface area contributed by atoms with Gasteiger partial charge in [-0.15, -0.1) is 0 Å². The Morgan fingerprint density at radius 3 is 2.66 bits per heavy atom. The standard InChI is InChI=1S/C20H24ClN5O3/c1-12-15(13(2)26(24-12)10-14-6-4-5-7-16(14)21)11-25(3)18(27)9-8-17-19(28)23-20(29)22-17/h4-7,17H,8-11H2,1-3H3,(H2,22,23,28,29)/t17-/m1/s1. The van der Waals surface area contributed by atoms with E-state index in [1.54, 1.807) is 11.9 Å². The Balaban J connectivity index is 1.62. The quantitative estimate of drug-likeness (QED) is 0.674. The highest BCUT2D eigenvalue weighted by Crippen LogP contribution is 2.20. The van der Waals surface area contributed by atoms with Crippen molar-refractivity contribution in [3.63, 3.8) is 0 Å². The van der Waals surface area contributed by atoms with E-state index < -0.39 is 18.0 Å². The van der Waals surface area contributed by atoms with Crippen molar-refractivity contribution in [3.05, 3.63) is 51.8 Å². The molecule has 1 aromatic heterocycles. The molecule has 1 fully saturated rings. The van der Waals surface area contributed by atoms with Crippen molar-refractivity contribution in [1.82, 2.24) is 25.3 Å². The molecule has 1 aliphatic heterocycles. The number of imide groups is 1. The number of amides is 4. The predicted molar refractivity (Wildman–Crippen MR) is 108 cm³/mol. The lowest BCUT2D eigenvalue weighted by molar-refractivity contribution is -0.130. The summed E-state index contributed by atoms with van der Waals surface area (Å²) in [5.74, 6) is -0.491. The van der Waals surface area contributed by atoms with Crippen LogP contribution in [-0.2, 0) is 22.7 Å². The number of rotatable bonds is 7. The Hall–Kier alpha value is -2.87. The minimum absolute atomic E-state index is 0.100.